The second-order valence-corrected chi connectivity index (χ2v) is 4.17. The Hall–Kier alpha value is -1.88. The van der Waals surface area contributed by atoms with Gasteiger partial charge in [-0.15, -0.1) is 0 Å². The van der Waals surface area contributed by atoms with Crippen molar-refractivity contribution < 1.29 is 4.74 Å². The molecule has 0 aliphatic carbocycles. The van der Waals surface area contributed by atoms with Crippen LogP contribution in [-0.4, -0.2) is 29.2 Å². The Kier molecular flexibility index (Phi) is 3.10. The van der Waals surface area contributed by atoms with Crippen LogP contribution in [0.15, 0.2) is 35.3 Å². The highest BCUT2D eigenvalue weighted by Crippen LogP contribution is 2.18. The average Bonchev–Trinajstić information content (AvgIpc) is 2.29. The molecule has 0 aliphatic rings. The first-order valence-corrected chi connectivity index (χ1v) is 5.49. The number of thiocarbonyl (C=S) groups is 1. The van der Waals surface area contributed by atoms with E-state index >= 15 is 0 Å². The zero-order valence-electron chi connectivity index (χ0n) is 9.56. The van der Waals surface area contributed by atoms with Gasteiger partial charge in [0.2, 0.25) is 0 Å². The highest BCUT2D eigenvalue weighted by atomic mass is 32.1. The van der Waals surface area contributed by atoms with Gasteiger partial charge in [-0.25, -0.2) is 0 Å². The SMILES string of the molecule is CN(C)C(=S)Oc1ccc2c(=O)[nH]ccc2c1. The third-order valence-corrected chi connectivity index (χ3v) is 2.76. The van der Waals surface area contributed by atoms with Gasteiger partial charge in [-0.2, -0.15) is 0 Å². The number of nitrogens with one attached hydrogen (secondary N) is 1. The number of aromatic nitrogens is 1. The van der Waals surface area contributed by atoms with E-state index in [0.29, 0.717) is 16.3 Å². The fourth-order valence-corrected chi connectivity index (χ4v) is 1.52. The molecule has 0 spiro atoms. The molecule has 0 unspecified atom stereocenters. The number of H-pyrrole nitrogens is 1. The molecule has 4 nitrogen and oxygen atoms in total. The van der Waals surface area contributed by atoms with Crippen LogP contribution in [-0.2, 0) is 0 Å². The largest absolute Gasteiger partial charge is 0.432 e. The van der Waals surface area contributed by atoms with Crippen molar-refractivity contribution in [2.45, 2.75) is 0 Å². The zero-order chi connectivity index (χ0) is 12.4. The molecule has 88 valence electrons. The molecule has 0 bridgehead atoms. The van der Waals surface area contributed by atoms with Crippen LogP contribution in [0.25, 0.3) is 10.8 Å². The van der Waals surface area contributed by atoms with E-state index < -0.39 is 0 Å². The maximum atomic E-state index is 11.5. The standard InChI is InChI=1S/C12H12N2O2S/c1-14(2)12(17)16-9-3-4-10-8(7-9)5-6-13-11(10)15/h3-7H,1-2H3,(H,13,15). The second kappa shape index (κ2) is 4.55. The molecule has 0 fully saturated rings. The van der Waals surface area contributed by atoms with Crippen molar-refractivity contribution in [2.24, 2.45) is 0 Å². The molecule has 1 aromatic carbocycles. The maximum absolute atomic E-state index is 11.5. The topological polar surface area (TPSA) is 45.3 Å². The first-order chi connectivity index (χ1) is 8.08. The van der Waals surface area contributed by atoms with Crippen molar-refractivity contribution in [3.8, 4) is 5.75 Å². The Morgan fingerprint density at radius 1 is 1.35 bits per heavy atom. The van der Waals surface area contributed by atoms with Crippen molar-refractivity contribution in [3.63, 3.8) is 0 Å². The molecule has 17 heavy (non-hydrogen) atoms. The normalized spacial score (nSPS) is 10.2. The summed E-state index contributed by atoms with van der Waals surface area (Å²) in [5.74, 6) is 0.627. The van der Waals surface area contributed by atoms with Gasteiger partial charge in [0.15, 0.2) is 0 Å². The number of nitrogens with zero attached hydrogens (tertiary/aromatic N) is 1. The Morgan fingerprint density at radius 2 is 2.12 bits per heavy atom. The summed E-state index contributed by atoms with van der Waals surface area (Å²) in [5.41, 5.74) is -0.107. The first kappa shape index (κ1) is 11.6. The van der Waals surface area contributed by atoms with Crippen LogP contribution >= 0.6 is 12.2 Å². The van der Waals surface area contributed by atoms with Crippen molar-refractivity contribution in [2.75, 3.05) is 14.1 Å². The summed E-state index contributed by atoms with van der Waals surface area (Å²) in [4.78, 5) is 15.8. The molecule has 5 heteroatoms. The van der Waals surface area contributed by atoms with Crippen molar-refractivity contribution in [3.05, 3.63) is 40.8 Å². The van der Waals surface area contributed by atoms with Gasteiger partial charge in [-0.05, 0) is 41.9 Å². The zero-order valence-corrected chi connectivity index (χ0v) is 10.4. The number of benzene rings is 1. The van der Waals surface area contributed by atoms with Gasteiger partial charge in [0, 0.05) is 25.7 Å². The molecule has 1 heterocycles. The van der Waals surface area contributed by atoms with E-state index in [9.17, 15) is 4.79 Å². The third kappa shape index (κ3) is 2.45. The van der Waals surface area contributed by atoms with E-state index in [4.69, 9.17) is 17.0 Å². The Balaban J connectivity index is 2.39. The summed E-state index contributed by atoms with van der Waals surface area (Å²) in [6, 6.07) is 7.07. The monoisotopic (exact) mass is 248 g/mol. The lowest BCUT2D eigenvalue weighted by Crippen LogP contribution is -2.24. The van der Waals surface area contributed by atoms with Gasteiger partial charge in [0.25, 0.3) is 10.7 Å². The van der Waals surface area contributed by atoms with Crippen LogP contribution in [0, 0.1) is 0 Å². The molecular weight excluding hydrogens is 236 g/mol. The lowest BCUT2D eigenvalue weighted by atomic mass is 10.2. The fourth-order valence-electron chi connectivity index (χ4n) is 1.43. The summed E-state index contributed by atoms with van der Waals surface area (Å²) >= 11 is 5.04. The lowest BCUT2D eigenvalue weighted by molar-refractivity contribution is 0.450. The van der Waals surface area contributed by atoms with E-state index in [-0.39, 0.29) is 5.56 Å². The molecule has 0 aliphatic heterocycles. The van der Waals surface area contributed by atoms with Crippen LogP contribution < -0.4 is 10.3 Å². The smallest absolute Gasteiger partial charge is 0.264 e. The molecule has 2 aromatic rings. The minimum absolute atomic E-state index is 0.107. The first-order valence-electron chi connectivity index (χ1n) is 5.08. The van der Waals surface area contributed by atoms with Gasteiger partial charge < -0.3 is 14.6 Å². The minimum Gasteiger partial charge on any atom is -0.432 e. The maximum Gasteiger partial charge on any atom is 0.264 e. The highest BCUT2D eigenvalue weighted by molar-refractivity contribution is 7.80. The van der Waals surface area contributed by atoms with Gasteiger partial charge in [-0.1, -0.05) is 0 Å². The van der Waals surface area contributed by atoms with Crippen LogP contribution in [0.2, 0.25) is 0 Å². The molecule has 0 saturated carbocycles. The number of rotatable bonds is 1. The number of ether oxygens (including phenoxy) is 1. The predicted molar refractivity (Wildman–Crippen MR) is 71.5 cm³/mol. The third-order valence-electron chi connectivity index (χ3n) is 2.32. The van der Waals surface area contributed by atoms with Crippen molar-refractivity contribution in [1.82, 2.24) is 9.88 Å². The van der Waals surface area contributed by atoms with Crippen LogP contribution in [0.3, 0.4) is 0 Å². The van der Waals surface area contributed by atoms with E-state index in [2.05, 4.69) is 4.98 Å². The molecule has 1 N–H and O–H groups in total. The van der Waals surface area contributed by atoms with Crippen LogP contribution in [0.5, 0.6) is 5.75 Å². The van der Waals surface area contributed by atoms with Gasteiger partial charge in [0.05, 0.1) is 0 Å². The van der Waals surface area contributed by atoms with Crippen molar-refractivity contribution in [1.29, 1.82) is 0 Å². The van der Waals surface area contributed by atoms with Gasteiger partial charge in [-0.3, -0.25) is 4.79 Å². The second-order valence-electron chi connectivity index (χ2n) is 3.82. The predicted octanol–water partition coefficient (Wildman–Crippen LogP) is 1.75. The van der Waals surface area contributed by atoms with Crippen LogP contribution in [0.4, 0.5) is 0 Å². The van der Waals surface area contributed by atoms with E-state index in [1.54, 1.807) is 29.3 Å². The Bertz CT molecular complexity index is 619. The summed E-state index contributed by atoms with van der Waals surface area (Å²) in [6.07, 6.45) is 1.61. The van der Waals surface area contributed by atoms with Crippen molar-refractivity contribution >= 4 is 28.2 Å². The van der Waals surface area contributed by atoms with E-state index in [1.807, 2.05) is 20.2 Å². The van der Waals surface area contributed by atoms with E-state index in [0.717, 1.165) is 5.39 Å². The number of hydrogen-bond donors (Lipinski definition) is 1. The molecule has 0 saturated heterocycles. The Labute approximate surface area is 104 Å². The minimum atomic E-state index is -0.107. The quantitative estimate of drug-likeness (QED) is 0.781. The Morgan fingerprint density at radius 3 is 2.82 bits per heavy atom. The molecule has 0 atom stereocenters. The van der Waals surface area contributed by atoms with E-state index in [1.165, 1.54) is 0 Å². The summed E-state index contributed by atoms with van der Waals surface area (Å²) < 4.78 is 5.47. The average molecular weight is 248 g/mol. The fraction of sp³-hybridized carbons (Fsp3) is 0.167. The number of hydrogen-bond acceptors (Lipinski definition) is 3. The van der Waals surface area contributed by atoms with Gasteiger partial charge >= 0.3 is 0 Å². The molecule has 0 amide bonds. The number of fused-ring (bicyclic) bond motifs is 1. The number of aromatic amines is 1. The number of pyridine rings is 1. The molecule has 1 aromatic heterocycles. The molecular formula is C12H12N2O2S. The highest BCUT2D eigenvalue weighted by Gasteiger charge is 2.04. The summed E-state index contributed by atoms with van der Waals surface area (Å²) in [6.45, 7) is 0. The lowest BCUT2D eigenvalue weighted by Gasteiger charge is -2.14. The van der Waals surface area contributed by atoms with Crippen LogP contribution in [0.1, 0.15) is 0 Å². The molecule has 0 radical (unpaired) electrons. The molecule has 2 rings (SSSR count). The summed E-state index contributed by atoms with van der Waals surface area (Å²) in [7, 11) is 3.63. The van der Waals surface area contributed by atoms with Gasteiger partial charge in [0.1, 0.15) is 5.75 Å². The summed E-state index contributed by atoms with van der Waals surface area (Å²) in [5, 5.41) is 1.85.